The molecule has 134 valence electrons. The van der Waals surface area contributed by atoms with Crippen molar-refractivity contribution in [3.8, 4) is 0 Å². The van der Waals surface area contributed by atoms with E-state index in [0.717, 1.165) is 52.0 Å². The molecule has 2 aromatic heterocycles. The molecule has 3 heterocycles. The maximum Gasteiger partial charge on any atom is 0.261 e. The Morgan fingerprint density at radius 2 is 1.96 bits per heavy atom. The summed E-state index contributed by atoms with van der Waals surface area (Å²) < 4.78 is 0. The summed E-state index contributed by atoms with van der Waals surface area (Å²) in [7, 11) is 0. The van der Waals surface area contributed by atoms with E-state index in [1.807, 2.05) is 12.3 Å². The van der Waals surface area contributed by atoms with Gasteiger partial charge in [-0.2, -0.15) is 0 Å². The molecule has 2 fully saturated rings. The number of hydrogen-bond acceptors (Lipinski definition) is 6. The molecule has 1 saturated carbocycles. The van der Waals surface area contributed by atoms with Crippen LogP contribution in [0, 0.1) is 0 Å². The first-order chi connectivity index (χ1) is 12.2. The lowest BCUT2D eigenvalue weighted by Crippen LogP contribution is -2.35. The molecule has 2 aliphatic rings. The zero-order chi connectivity index (χ0) is 17.2. The second-order valence-electron chi connectivity index (χ2n) is 6.87. The van der Waals surface area contributed by atoms with E-state index in [1.165, 1.54) is 43.4 Å². The van der Waals surface area contributed by atoms with E-state index in [1.54, 1.807) is 11.8 Å². The van der Waals surface area contributed by atoms with Crippen molar-refractivity contribution in [3.05, 3.63) is 10.9 Å². The van der Waals surface area contributed by atoms with E-state index in [2.05, 4.69) is 15.2 Å². The number of nitrogens with one attached hydrogen (secondary N) is 1. The normalized spacial score (nSPS) is 18.8. The van der Waals surface area contributed by atoms with Crippen molar-refractivity contribution in [1.29, 1.82) is 0 Å². The van der Waals surface area contributed by atoms with Crippen molar-refractivity contribution in [2.75, 3.05) is 24.2 Å². The summed E-state index contributed by atoms with van der Waals surface area (Å²) in [5.41, 5.74) is 0. The van der Waals surface area contributed by atoms with Crippen molar-refractivity contribution in [3.63, 3.8) is 0 Å². The zero-order valence-corrected chi connectivity index (χ0v) is 16.2. The first-order valence-electron chi connectivity index (χ1n) is 9.16. The van der Waals surface area contributed by atoms with Crippen molar-refractivity contribution in [2.24, 2.45) is 0 Å². The number of fused-ring (bicyclic) bond motifs is 1. The second-order valence-corrected chi connectivity index (χ2v) is 8.67. The van der Waals surface area contributed by atoms with Crippen molar-refractivity contribution in [2.45, 2.75) is 56.1 Å². The molecule has 0 bridgehead atoms. The van der Waals surface area contributed by atoms with E-state index in [-0.39, 0.29) is 5.91 Å². The monoisotopic (exact) mass is 376 g/mol. The van der Waals surface area contributed by atoms with Gasteiger partial charge >= 0.3 is 0 Å². The van der Waals surface area contributed by atoms with Gasteiger partial charge in [-0.3, -0.25) is 4.79 Å². The van der Waals surface area contributed by atoms with Gasteiger partial charge in [0.25, 0.3) is 5.91 Å². The third-order valence-electron chi connectivity index (χ3n) is 5.10. The fourth-order valence-corrected chi connectivity index (χ4v) is 5.11. The molecule has 0 aromatic carbocycles. The smallest absolute Gasteiger partial charge is 0.261 e. The number of carbonyl (C=O) groups excluding carboxylic acids is 1. The summed E-state index contributed by atoms with van der Waals surface area (Å²) in [4.78, 5) is 26.1. The van der Waals surface area contributed by atoms with E-state index < -0.39 is 0 Å². The van der Waals surface area contributed by atoms with Crippen molar-refractivity contribution in [1.82, 2.24) is 15.3 Å². The Labute approximate surface area is 156 Å². The topological polar surface area (TPSA) is 58.1 Å². The second kappa shape index (κ2) is 7.50. The molecule has 1 N–H and O–H groups in total. The molecule has 0 radical (unpaired) electrons. The molecule has 1 aliphatic heterocycles. The van der Waals surface area contributed by atoms with Gasteiger partial charge in [-0.15, -0.1) is 11.3 Å². The summed E-state index contributed by atoms with van der Waals surface area (Å²) >= 11 is 3.05. The molecule has 7 heteroatoms. The maximum atomic E-state index is 12.7. The Kier molecular flexibility index (Phi) is 5.12. The number of anilines is 1. The number of amides is 1. The third kappa shape index (κ3) is 3.62. The first-order valence-corrected chi connectivity index (χ1v) is 11.2. The Bertz CT molecular complexity index is 764. The minimum atomic E-state index is 0.0490. The summed E-state index contributed by atoms with van der Waals surface area (Å²) in [5, 5.41) is 5.03. The highest BCUT2D eigenvalue weighted by Gasteiger charge is 2.23. The third-order valence-corrected chi connectivity index (χ3v) is 6.68. The molecule has 2 aromatic rings. The van der Waals surface area contributed by atoms with E-state index in [9.17, 15) is 4.79 Å². The number of aromatic nitrogens is 2. The van der Waals surface area contributed by atoms with E-state index >= 15 is 0 Å². The minimum Gasteiger partial charge on any atom is -0.356 e. The van der Waals surface area contributed by atoms with E-state index in [4.69, 9.17) is 4.98 Å². The quantitative estimate of drug-likeness (QED) is 0.644. The van der Waals surface area contributed by atoms with Gasteiger partial charge in [-0.1, -0.05) is 31.0 Å². The van der Waals surface area contributed by atoms with Crippen LogP contribution >= 0.6 is 23.1 Å². The Morgan fingerprint density at radius 1 is 1.20 bits per heavy atom. The Balaban J connectivity index is 1.64. The van der Waals surface area contributed by atoms with Gasteiger partial charge in [0.05, 0.1) is 10.3 Å². The summed E-state index contributed by atoms with van der Waals surface area (Å²) in [6, 6.07) is 2.33. The minimum absolute atomic E-state index is 0.0490. The van der Waals surface area contributed by atoms with Gasteiger partial charge in [0.1, 0.15) is 10.6 Å². The first kappa shape index (κ1) is 17.1. The standard InChI is InChI=1S/C18H24N4OS2/c1-24-18-20-15(22-9-5-6-10-22)13-11-14(25-17(13)21-18)16(23)19-12-7-3-2-4-8-12/h11-12H,2-10H2,1H3,(H,19,23). The maximum absolute atomic E-state index is 12.7. The molecule has 4 rings (SSSR count). The number of nitrogens with zero attached hydrogens (tertiary/aromatic N) is 3. The van der Waals surface area contributed by atoms with Gasteiger partial charge in [0.15, 0.2) is 5.16 Å². The lowest BCUT2D eigenvalue weighted by Gasteiger charge is -2.22. The molecular weight excluding hydrogens is 352 g/mol. The fourth-order valence-electron chi connectivity index (χ4n) is 3.76. The van der Waals surface area contributed by atoms with Gasteiger partial charge in [-0.05, 0) is 38.0 Å². The number of hydrogen-bond donors (Lipinski definition) is 1. The molecule has 0 spiro atoms. The van der Waals surface area contributed by atoms with Crippen LogP contribution < -0.4 is 10.2 Å². The van der Waals surface area contributed by atoms with Crippen LogP contribution in [-0.4, -0.2) is 41.3 Å². The van der Waals surface area contributed by atoms with Crippen molar-refractivity contribution < 1.29 is 4.79 Å². The molecule has 25 heavy (non-hydrogen) atoms. The number of thiophene rings is 1. The van der Waals surface area contributed by atoms with Gasteiger partial charge in [-0.25, -0.2) is 9.97 Å². The Hall–Kier alpha value is -1.34. The van der Waals surface area contributed by atoms with E-state index in [0.29, 0.717) is 6.04 Å². The number of carbonyl (C=O) groups is 1. The van der Waals surface area contributed by atoms with Crippen LogP contribution in [0.15, 0.2) is 11.2 Å². The molecular formula is C18H24N4OS2. The number of thioether (sulfide) groups is 1. The molecule has 1 amide bonds. The van der Waals surface area contributed by atoms with Gasteiger partial charge < -0.3 is 10.2 Å². The fraction of sp³-hybridized carbons (Fsp3) is 0.611. The van der Waals surface area contributed by atoms with Crippen LogP contribution in [0.3, 0.4) is 0 Å². The largest absolute Gasteiger partial charge is 0.356 e. The van der Waals surface area contributed by atoms with Crippen LogP contribution in [0.5, 0.6) is 0 Å². The Morgan fingerprint density at radius 3 is 2.68 bits per heavy atom. The van der Waals surface area contributed by atoms with Crippen LogP contribution in [0.25, 0.3) is 10.2 Å². The number of rotatable bonds is 4. The summed E-state index contributed by atoms with van der Waals surface area (Å²) in [5.74, 6) is 1.05. The van der Waals surface area contributed by atoms with Crippen LogP contribution in [-0.2, 0) is 0 Å². The lowest BCUT2D eigenvalue weighted by atomic mass is 9.95. The predicted molar refractivity (Wildman–Crippen MR) is 105 cm³/mol. The van der Waals surface area contributed by atoms with Crippen molar-refractivity contribution >= 4 is 45.0 Å². The summed E-state index contributed by atoms with van der Waals surface area (Å²) in [6.07, 6.45) is 10.4. The molecule has 1 aliphatic carbocycles. The predicted octanol–water partition coefficient (Wildman–Crippen LogP) is 4.08. The lowest BCUT2D eigenvalue weighted by molar-refractivity contribution is 0.0932. The van der Waals surface area contributed by atoms with Crippen LogP contribution in [0.2, 0.25) is 0 Å². The van der Waals surface area contributed by atoms with Gasteiger partial charge in [0, 0.05) is 19.1 Å². The van der Waals surface area contributed by atoms with Gasteiger partial charge in [0.2, 0.25) is 0 Å². The highest BCUT2D eigenvalue weighted by atomic mass is 32.2. The molecule has 0 unspecified atom stereocenters. The highest BCUT2D eigenvalue weighted by molar-refractivity contribution is 7.98. The van der Waals surface area contributed by atoms with Crippen LogP contribution in [0.1, 0.15) is 54.6 Å². The average Bonchev–Trinajstić information content (AvgIpc) is 3.31. The average molecular weight is 377 g/mol. The molecule has 0 atom stereocenters. The van der Waals surface area contributed by atoms with Crippen LogP contribution in [0.4, 0.5) is 5.82 Å². The summed E-state index contributed by atoms with van der Waals surface area (Å²) in [6.45, 7) is 2.08. The SMILES string of the molecule is CSc1nc(N2CCCC2)c2cc(C(=O)NC3CCCCC3)sc2n1. The zero-order valence-electron chi connectivity index (χ0n) is 14.6. The highest BCUT2D eigenvalue weighted by Crippen LogP contribution is 2.34. The molecule has 5 nitrogen and oxygen atoms in total. The molecule has 1 saturated heterocycles.